The molecule has 10 heteroatoms. The van der Waals surface area contributed by atoms with Crippen molar-refractivity contribution in [2.24, 2.45) is 10.9 Å². The Morgan fingerprint density at radius 3 is 2.52 bits per heavy atom. The number of hydrogen-bond acceptors (Lipinski definition) is 3. The minimum absolute atomic E-state index is 0.126. The highest BCUT2D eigenvalue weighted by molar-refractivity contribution is 7.88. The third-order valence-corrected chi connectivity index (χ3v) is 4.47. The van der Waals surface area contributed by atoms with E-state index in [1.165, 1.54) is 17.6 Å². The average molecular weight is 330 g/mol. The van der Waals surface area contributed by atoms with E-state index in [0.717, 1.165) is 6.42 Å². The zero-order valence-electron chi connectivity index (χ0n) is 12.1. The quantitative estimate of drug-likeness (QED) is 0.565. The molecule has 0 aromatic heterocycles. The van der Waals surface area contributed by atoms with Crippen LogP contribution in [-0.2, 0) is 10.0 Å². The van der Waals surface area contributed by atoms with Crippen LogP contribution in [0.25, 0.3) is 0 Å². The van der Waals surface area contributed by atoms with Crippen molar-refractivity contribution in [2.45, 2.75) is 19.0 Å². The summed E-state index contributed by atoms with van der Waals surface area (Å²) in [6.07, 6.45) is -3.24. The van der Waals surface area contributed by atoms with Crippen molar-refractivity contribution < 1.29 is 21.6 Å². The Labute approximate surface area is 122 Å². The smallest absolute Gasteiger partial charge is 0.356 e. The molecule has 1 rings (SSSR count). The molecule has 21 heavy (non-hydrogen) atoms. The Bertz CT molecular complexity index is 465. The SMILES string of the molecule is CN=C(NCCC(F)(F)F)NCC1CCN(S(C)(=O)=O)C1. The Morgan fingerprint density at radius 2 is 2.05 bits per heavy atom. The van der Waals surface area contributed by atoms with Gasteiger partial charge in [0.25, 0.3) is 0 Å². The first-order valence-electron chi connectivity index (χ1n) is 6.58. The van der Waals surface area contributed by atoms with E-state index >= 15 is 0 Å². The largest absolute Gasteiger partial charge is 0.390 e. The fourth-order valence-electron chi connectivity index (χ4n) is 2.05. The molecule has 124 valence electrons. The molecule has 6 nitrogen and oxygen atoms in total. The normalized spacial score (nSPS) is 21.6. The number of hydrogen-bond donors (Lipinski definition) is 2. The minimum Gasteiger partial charge on any atom is -0.356 e. The van der Waals surface area contributed by atoms with Gasteiger partial charge in [0, 0.05) is 33.2 Å². The third kappa shape index (κ3) is 6.98. The van der Waals surface area contributed by atoms with E-state index in [4.69, 9.17) is 0 Å². The van der Waals surface area contributed by atoms with E-state index in [2.05, 4.69) is 15.6 Å². The van der Waals surface area contributed by atoms with Gasteiger partial charge in [0.05, 0.1) is 12.7 Å². The van der Waals surface area contributed by atoms with Crippen LogP contribution < -0.4 is 10.6 Å². The molecule has 0 radical (unpaired) electrons. The molecular formula is C11H21F3N4O2S. The van der Waals surface area contributed by atoms with E-state index in [-0.39, 0.29) is 18.4 Å². The summed E-state index contributed by atoms with van der Waals surface area (Å²) in [6, 6.07) is 0. The summed E-state index contributed by atoms with van der Waals surface area (Å²) in [5.74, 6) is 0.415. The van der Waals surface area contributed by atoms with Crippen LogP contribution >= 0.6 is 0 Å². The van der Waals surface area contributed by atoms with Crippen molar-refractivity contribution >= 4 is 16.0 Å². The summed E-state index contributed by atoms with van der Waals surface area (Å²) < 4.78 is 60.2. The highest BCUT2D eigenvalue weighted by atomic mass is 32.2. The van der Waals surface area contributed by atoms with E-state index in [1.807, 2.05) is 0 Å². The van der Waals surface area contributed by atoms with Crippen molar-refractivity contribution in [2.75, 3.05) is 39.5 Å². The maximum atomic E-state index is 12.0. The van der Waals surface area contributed by atoms with Crippen molar-refractivity contribution in [3.05, 3.63) is 0 Å². The Balaban J connectivity index is 2.30. The van der Waals surface area contributed by atoms with E-state index in [1.54, 1.807) is 0 Å². The molecule has 1 atom stereocenters. The van der Waals surface area contributed by atoms with Crippen molar-refractivity contribution in [1.82, 2.24) is 14.9 Å². The molecular weight excluding hydrogens is 309 g/mol. The van der Waals surface area contributed by atoms with Crippen LogP contribution in [0.1, 0.15) is 12.8 Å². The van der Waals surface area contributed by atoms with E-state index in [9.17, 15) is 21.6 Å². The standard InChI is InChI=1S/C11H21F3N4O2S/c1-15-10(16-5-4-11(12,13)14)17-7-9-3-6-18(8-9)21(2,19)20/h9H,3-8H2,1-2H3,(H2,15,16,17). The molecule has 1 fully saturated rings. The second-order valence-electron chi connectivity index (χ2n) is 5.02. The first-order valence-corrected chi connectivity index (χ1v) is 8.43. The van der Waals surface area contributed by atoms with Crippen molar-refractivity contribution in [3.8, 4) is 0 Å². The zero-order chi connectivity index (χ0) is 16.1. The number of alkyl halides is 3. The second-order valence-corrected chi connectivity index (χ2v) is 7.00. The van der Waals surface area contributed by atoms with E-state index < -0.39 is 22.6 Å². The average Bonchev–Trinajstić information content (AvgIpc) is 2.80. The predicted octanol–water partition coefficient (Wildman–Crippen LogP) is 0.385. The van der Waals surface area contributed by atoms with Gasteiger partial charge in [0.1, 0.15) is 0 Å². The number of aliphatic imine (C=N–C) groups is 1. The first kappa shape index (κ1) is 18.0. The summed E-state index contributed by atoms with van der Waals surface area (Å²) in [6.45, 7) is 1.12. The molecule has 1 unspecified atom stereocenters. The van der Waals surface area contributed by atoms with Gasteiger partial charge in [-0.3, -0.25) is 4.99 Å². The molecule has 0 amide bonds. The van der Waals surface area contributed by atoms with Crippen LogP contribution in [0.4, 0.5) is 13.2 Å². The van der Waals surface area contributed by atoms with Gasteiger partial charge in [-0.15, -0.1) is 0 Å². The van der Waals surface area contributed by atoms with Gasteiger partial charge in [-0.2, -0.15) is 13.2 Å². The van der Waals surface area contributed by atoms with Crippen LogP contribution in [0.15, 0.2) is 4.99 Å². The third-order valence-electron chi connectivity index (χ3n) is 3.20. The highest BCUT2D eigenvalue weighted by Gasteiger charge is 2.29. The van der Waals surface area contributed by atoms with Gasteiger partial charge in [-0.1, -0.05) is 0 Å². The van der Waals surface area contributed by atoms with Crippen molar-refractivity contribution in [3.63, 3.8) is 0 Å². The molecule has 0 spiro atoms. The summed E-state index contributed by atoms with van der Waals surface area (Å²) in [7, 11) is -1.70. The topological polar surface area (TPSA) is 73.8 Å². The predicted molar refractivity (Wildman–Crippen MR) is 74.6 cm³/mol. The Hall–Kier alpha value is -1.03. The highest BCUT2D eigenvalue weighted by Crippen LogP contribution is 2.18. The molecule has 0 bridgehead atoms. The minimum atomic E-state index is -4.20. The lowest BCUT2D eigenvalue weighted by Crippen LogP contribution is -2.41. The van der Waals surface area contributed by atoms with Gasteiger partial charge >= 0.3 is 6.18 Å². The fourth-order valence-corrected chi connectivity index (χ4v) is 2.97. The summed E-state index contributed by atoms with van der Waals surface area (Å²) >= 11 is 0. The number of nitrogens with one attached hydrogen (secondary N) is 2. The van der Waals surface area contributed by atoms with E-state index in [0.29, 0.717) is 19.6 Å². The maximum Gasteiger partial charge on any atom is 0.390 e. The fraction of sp³-hybridized carbons (Fsp3) is 0.909. The van der Waals surface area contributed by atoms with Gasteiger partial charge in [-0.25, -0.2) is 12.7 Å². The summed E-state index contributed by atoms with van der Waals surface area (Å²) in [5, 5.41) is 5.50. The number of sulfonamides is 1. The number of halogens is 3. The molecule has 0 aliphatic carbocycles. The molecule has 2 N–H and O–H groups in total. The lowest BCUT2D eigenvalue weighted by Gasteiger charge is -2.16. The zero-order valence-corrected chi connectivity index (χ0v) is 12.9. The second kappa shape index (κ2) is 7.30. The first-order chi connectivity index (χ1) is 9.62. The summed E-state index contributed by atoms with van der Waals surface area (Å²) in [4.78, 5) is 3.83. The molecule has 0 aromatic rings. The Kier molecular flexibility index (Phi) is 6.26. The lowest BCUT2D eigenvalue weighted by atomic mass is 10.1. The monoisotopic (exact) mass is 330 g/mol. The van der Waals surface area contributed by atoms with Crippen LogP contribution in [0.5, 0.6) is 0 Å². The molecule has 0 aromatic carbocycles. The number of rotatable bonds is 5. The van der Waals surface area contributed by atoms with Gasteiger partial charge in [0.15, 0.2) is 5.96 Å². The molecule has 1 heterocycles. The lowest BCUT2D eigenvalue weighted by molar-refractivity contribution is -0.132. The van der Waals surface area contributed by atoms with Crippen LogP contribution in [-0.4, -0.2) is 64.3 Å². The van der Waals surface area contributed by atoms with Crippen LogP contribution in [0.3, 0.4) is 0 Å². The molecule has 0 saturated carbocycles. The molecule has 1 saturated heterocycles. The van der Waals surface area contributed by atoms with Gasteiger partial charge in [-0.05, 0) is 12.3 Å². The molecule has 1 aliphatic heterocycles. The molecule has 1 aliphatic rings. The number of nitrogens with zero attached hydrogens (tertiary/aromatic N) is 2. The maximum absolute atomic E-state index is 12.0. The summed E-state index contributed by atoms with van der Waals surface area (Å²) in [5.41, 5.74) is 0. The van der Waals surface area contributed by atoms with Crippen LogP contribution in [0, 0.1) is 5.92 Å². The van der Waals surface area contributed by atoms with Crippen LogP contribution in [0.2, 0.25) is 0 Å². The van der Waals surface area contributed by atoms with Gasteiger partial charge < -0.3 is 10.6 Å². The van der Waals surface area contributed by atoms with Gasteiger partial charge in [0.2, 0.25) is 10.0 Å². The number of guanidine groups is 1. The van der Waals surface area contributed by atoms with Crippen molar-refractivity contribution in [1.29, 1.82) is 0 Å². The Morgan fingerprint density at radius 1 is 1.38 bits per heavy atom.